The topological polar surface area (TPSA) is 32.8 Å². The van der Waals surface area contributed by atoms with Crippen LogP contribution in [0.2, 0.25) is 0 Å². The second-order valence-corrected chi connectivity index (χ2v) is 9.93. The third-order valence-corrected chi connectivity index (χ3v) is 6.23. The minimum atomic E-state index is -0.458. The fourth-order valence-corrected chi connectivity index (χ4v) is 4.62. The summed E-state index contributed by atoms with van der Waals surface area (Å²) in [5, 5.41) is 0. The first-order valence-corrected chi connectivity index (χ1v) is 11.1. The van der Waals surface area contributed by atoms with Gasteiger partial charge in [0.15, 0.2) is 0 Å². The van der Waals surface area contributed by atoms with Crippen molar-refractivity contribution in [2.75, 3.05) is 31.1 Å². The molecule has 150 valence electrons. The molecular formula is C22H27BrN2O2S. The van der Waals surface area contributed by atoms with Crippen LogP contribution in [-0.4, -0.2) is 42.8 Å². The zero-order valence-electron chi connectivity index (χ0n) is 16.9. The fourth-order valence-electron chi connectivity index (χ4n) is 3.11. The molecule has 1 fully saturated rings. The summed E-state index contributed by atoms with van der Waals surface area (Å²) in [7, 11) is 0. The van der Waals surface area contributed by atoms with Crippen molar-refractivity contribution >= 4 is 39.5 Å². The fraction of sp³-hybridized carbons (Fsp3) is 0.409. The Bertz CT molecular complexity index is 843. The molecule has 28 heavy (non-hydrogen) atoms. The quantitative estimate of drug-likeness (QED) is 0.562. The second kappa shape index (κ2) is 8.78. The van der Waals surface area contributed by atoms with Crippen molar-refractivity contribution in [1.29, 1.82) is 0 Å². The highest BCUT2D eigenvalue weighted by Gasteiger charge is 2.26. The minimum absolute atomic E-state index is 0.222. The monoisotopic (exact) mass is 462 g/mol. The smallest absolute Gasteiger partial charge is 0.410 e. The molecule has 1 heterocycles. The summed E-state index contributed by atoms with van der Waals surface area (Å²) < 4.78 is 6.60. The summed E-state index contributed by atoms with van der Waals surface area (Å²) in [6.45, 7) is 10.8. The van der Waals surface area contributed by atoms with E-state index in [-0.39, 0.29) is 6.09 Å². The molecule has 0 aliphatic carbocycles. The summed E-state index contributed by atoms with van der Waals surface area (Å²) in [6.07, 6.45) is -0.222. The van der Waals surface area contributed by atoms with Crippen molar-refractivity contribution < 1.29 is 9.53 Å². The Kier molecular flexibility index (Phi) is 6.61. The van der Waals surface area contributed by atoms with Gasteiger partial charge in [-0.15, -0.1) is 0 Å². The first-order valence-electron chi connectivity index (χ1n) is 9.49. The number of hydrogen-bond acceptors (Lipinski definition) is 4. The summed E-state index contributed by atoms with van der Waals surface area (Å²) in [5.74, 6) is 0. The molecule has 1 amide bonds. The largest absolute Gasteiger partial charge is 0.444 e. The Morgan fingerprint density at radius 3 is 2.36 bits per heavy atom. The number of anilines is 1. The number of amides is 1. The lowest BCUT2D eigenvalue weighted by Gasteiger charge is -2.37. The number of piperazine rings is 1. The lowest BCUT2D eigenvalue weighted by atomic mass is 10.2. The van der Waals surface area contributed by atoms with Crippen molar-refractivity contribution in [1.82, 2.24) is 4.90 Å². The Labute approximate surface area is 180 Å². The Morgan fingerprint density at radius 1 is 1.04 bits per heavy atom. The van der Waals surface area contributed by atoms with E-state index in [1.54, 1.807) is 16.7 Å². The molecule has 0 atom stereocenters. The molecule has 0 aromatic heterocycles. The Hall–Kier alpha value is -1.66. The number of benzene rings is 2. The van der Waals surface area contributed by atoms with Gasteiger partial charge in [0.05, 0.1) is 5.69 Å². The van der Waals surface area contributed by atoms with Gasteiger partial charge >= 0.3 is 6.09 Å². The standard InChI is InChI=1S/C22H27BrN2O2S/c1-16-15-17(23)9-10-19(16)28-20-8-6-5-7-18(20)24-11-13-25(14-12-24)21(26)27-22(2,3)4/h5-10,15H,11-14H2,1-4H3. The maximum atomic E-state index is 12.3. The van der Waals surface area contributed by atoms with Crippen LogP contribution in [0.5, 0.6) is 0 Å². The molecule has 3 rings (SSSR count). The molecule has 1 aliphatic rings. The van der Waals surface area contributed by atoms with Crippen LogP contribution < -0.4 is 4.90 Å². The van der Waals surface area contributed by atoms with Crippen molar-refractivity contribution in [3.8, 4) is 0 Å². The van der Waals surface area contributed by atoms with Crippen LogP contribution in [0, 0.1) is 6.92 Å². The molecule has 0 spiro atoms. The summed E-state index contributed by atoms with van der Waals surface area (Å²) in [5.41, 5.74) is 2.02. The molecule has 0 radical (unpaired) electrons. The number of carbonyl (C=O) groups is 1. The zero-order chi connectivity index (χ0) is 20.3. The number of nitrogens with zero attached hydrogens (tertiary/aromatic N) is 2. The molecule has 0 bridgehead atoms. The van der Waals surface area contributed by atoms with E-state index in [4.69, 9.17) is 4.74 Å². The van der Waals surface area contributed by atoms with Gasteiger partial charge in [-0.3, -0.25) is 0 Å². The molecule has 2 aromatic rings. The molecule has 6 heteroatoms. The van der Waals surface area contributed by atoms with E-state index < -0.39 is 5.60 Å². The predicted molar refractivity (Wildman–Crippen MR) is 119 cm³/mol. The van der Waals surface area contributed by atoms with Gasteiger partial charge in [-0.2, -0.15) is 0 Å². The minimum Gasteiger partial charge on any atom is -0.444 e. The van der Waals surface area contributed by atoms with Crippen LogP contribution in [0.15, 0.2) is 56.7 Å². The molecule has 4 nitrogen and oxygen atoms in total. The van der Waals surface area contributed by atoms with Gasteiger partial charge in [0.2, 0.25) is 0 Å². The Morgan fingerprint density at radius 2 is 1.71 bits per heavy atom. The van der Waals surface area contributed by atoms with Gasteiger partial charge < -0.3 is 14.5 Å². The summed E-state index contributed by atoms with van der Waals surface area (Å²) in [4.78, 5) is 19.0. The molecule has 1 saturated heterocycles. The van der Waals surface area contributed by atoms with Gasteiger partial charge in [0.1, 0.15) is 5.60 Å². The average molecular weight is 463 g/mol. The van der Waals surface area contributed by atoms with Crippen LogP contribution in [0.1, 0.15) is 26.3 Å². The Balaban J connectivity index is 1.69. The van der Waals surface area contributed by atoms with Crippen LogP contribution in [0.3, 0.4) is 0 Å². The average Bonchev–Trinajstić information content (AvgIpc) is 2.63. The number of hydrogen-bond donors (Lipinski definition) is 0. The third-order valence-electron chi connectivity index (χ3n) is 4.49. The van der Waals surface area contributed by atoms with E-state index in [0.717, 1.165) is 17.6 Å². The van der Waals surface area contributed by atoms with Crippen LogP contribution >= 0.6 is 27.7 Å². The van der Waals surface area contributed by atoms with E-state index >= 15 is 0 Å². The predicted octanol–water partition coefficient (Wildman–Crippen LogP) is 5.97. The van der Waals surface area contributed by atoms with Gasteiger partial charge in [0, 0.05) is 40.4 Å². The molecule has 0 unspecified atom stereocenters. The first kappa shape index (κ1) is 21.1. The molecule has 0 N–H and O–H groups in total. The van der Waals surface area contributed by atoms with E-state index in [9.17, 15) is 4.79 Å². The lowest BCUT2D eigenvalue weighted by molar-refractivity contribution is 0.0240. The highest BCUT2D eigenvalue weighted by molar-refractivity contribution is 9.10. The van der Waals surface area contributed by atoms with Crippen LogP contribution in [0.25, 0.3) is 0 Å². The summed E-state index contributed by atoms with van der Waals surface area (Å²) in [6, 6.07) is 14.9. The van der Waals surface area contributed by atoms with Gasteiger partial charge in [0.25, 0.3) is 0 Å². The van der Waals surface area contributed by atoms with Crippen LogP contribution in [0.4, 0.5) is 10.5 Å². The van der Waals surface area contributed by atoms with Crippen LogP contribution in [-0.2, 0) is 4.74 Å². The SMILES string of the molecule is Cc1cc(Br)ccc1Sc1ccccc1N1CCN(C(=O)OC(C)(C)C)CC1. The van der Waals surface area contributed by atoms with Gasteiger partial charge in [-0.05, 0) is 63.6 Å². The van der Waals surface area contributed by atoms with Crippen molar-refractivity contribution in [2.24, 2.45) is 0 Å². The van der Waals surface area contributed by atoms with Gasteiger partial charge in [-0.1, -0.05) is 39.8 Å². The highest BCUT2D eigenvalue weighted by atomic mass is 79.9. The highest BCUT2D eigenvalue weighted by Crippen LogP contribution is 2.37. The maximum Gasteiger partial charge on any atom is 0.410 e. The van der Waals surface area contributed by atoms with Crippen molar-refractivity contribution in [3.05, 3.63) is 52.5 Å². The molecular weight excluding hydrogens is 436 g/mol. The third kappa shape index (κ3) is 5.45. The number of rotatable bonds is 3. The molecule has 0 saturated carbocycles. The van der Waals surface area contributed by atoms with E-state index in [1.807, 2.05) is 20.8 Å². The molecule has 2 aromatic carbocycles. The van der Waals surface area contributed by atoms with Gasteiger partial charge in [-0.25, -0.2) is 4.79 Å². The number of carbonyl (C=O) groups excluding carboxylic acids is 1. The summed E-state index contributed by atoms with van der Waals surface area (Å²) >= 11 is 5.32. The number of para-hydroxylation sites is 1. The number of halogens is 1. The van der Waals surface area contributed by atoms with Crippen molar-refractivity contribution in [3.63, 3.8) is 0 Å². The normalized spacial score (nSPS) is 14.9. The zero-order valence-corrected chi connectivity index (χ0v) is 19.3. The first-order chi connectivity index (χ1) is 13.2. The number of aryl methyl sites for hydroxylation is 1. The van der Waals surface area contributed by atoms with Crippen molar-refractivity contribution in [2.45, 2.75) is 43.1 Å². The van der Waals surface area contributed by atoms with E-state index in [2.05, 4.69) is 70.2 Å². The second-order valence-electron chi connectivity index (χ2n) is 7.93. The maximum absolute atomic E-state index is 12.3. The van der Waals surface area contributed by atoms with E-state index in [1.165, 1.54) is 21.0 Å². The van der Waals surface area contributed by atoms with E-state index in [0.29, 0.717) is 13.1 Å². The molecule has 1 aliphatic heterocycles. The number of ether oxygens (including phenoxy) is 1. The lowest BCUT2D eigenvalue weighted by Crippen LogP contribution is -2.50.